The molecule has 5 atom stereocenters. The van der Waals surface area contributed by atoms with Crippen molar-refractivity contribution in [2.75, 3.05) is 13.2 Å². The van der Waals surface area contributed by atoms with E-state index in [4.69, 9.17) is 14.0 Å². The summed E-state index contributed by atoms with van der Waals surface area (Å²) in [4.78, 5) is 60.0. The molecule has 1 aromatic heterocycles. The Labute approximate surface area is 169 Å². The van der Waals surface area contributed by atoms with Gasteiger partial charge in [-0.2, -0.15) is 0 Å². The third kappa shape index (κ3) is 5.51. The van der Waals surface area contributed by atoms with Gasteiger partial charge in [0, 0.05) is 18.7 Å². The van der Waals surface area contributed by atoms with Crippen LogP contribution in [0.25, 0.3) is 0 Å². The van der Waals surface area contributed by atoms with E-state index >= 15 is 0 Å². The Hall–Kier alpha value is -1.24. The molecule has 30 heavy (non-hydrogen) atoms. The number of carbonyl (C=O) groups is 1. The van der Waals surface area contributed by atoms with Crippen LogP contribution >= 0.6 is 24.2 Å². The number of aromatic nitrogens is 2. The molecule has 0 spiro atoms. The van der Waals surface area contributed by atoms with Crippen molar-refractivity contribution in [2.45, 2.75) is 32.1 Å². The highest BCUT2D eigenvalue weighted by Gasteiger charge is 2.43. The van der Waals surface area contributed by atoms with Crippen LogP contribution in [0.1, 0.15) is 18.5 Å². The van der Waals surface area contributed by atoms with Crippen LogP contribution in [-0.2, 0) is 40.9 Å². The first-order valence-electron chi connectivity index (χ1n) is 8.14. The molecule has 168 valence electrons. The fraction of sp³-hybridized carbons (Fsp3) is 0.583. The lowest BCUT2D eigenvalue weighted by Crippen LogP contribution is -2.41. The molecule has 2 aliphatic heterocycles. The van der Waals surface area contributed by atoms with Crippen LogP contribution in [0.2, 0.25) is 0 Å². The highest BCUT2D eigenvalue weighted by molar-refractivity contribution is 7.71. The van der Waals surface area contributed by atoms with Gasteiger partial charge in [0.05, 0.1) is 13.2 Å². The number of rotatable bonds is 5. The summed E-state index contributed by atoms with van der Waals surface area (Å²) >= 11 is 0. The van der Waals surface area contributed by atoms with E-state index in [1.807, 2.05) is 0 Å². The topological polar surface area (TPSA) is 208 Å². The van der Waals surface area contributed by atoms with Gasteiger partial charge in [0.1, 0.15) is 12.1 Å². The van der Waals surface area contributed by atoms with E-state index in [1.165, 1.54) is 13.1 Å². The lowest BCUT2D eigenvalue weighted by molar-refractivity contribution is -0.240. The largest absolute Gasteiger partial charge is 0.756 e. The summed E-state index contributed by atoms with van der Waals surface area (Å²) in [7, 11) is -13.3. The molecule has 18 heteroatoms. The molecule has 1 aromatic rings. The number of H-pyrrole nitrogens is 1. The minimum absolute atomic E-state index is 0.139. The van der Waals surface area contributed by atoms with Gasteiger partial charge in [-0.1, -0.05) is 0 Å². The molecule has 2 fully saturated rings. The average Bonchev–Trinajstić information content (AvgIpc) is 2.95. The van der Waals surface area contributed by atoms with Crippen molar-refractivity contribution in [3.63, 3.8) is 0 Å². The van der Waals surface area contributed by atoms with Crippen molar-refractivity contribution in [1.82, 2.24) is 9.55 Å². The molecule has 0 radical (unpaired) electrons. The summed E-state index contributed by atoms with van der Waals surface area (Å²) in [6.07, 6.45) is -0.877. The van der Waals surface area contributed by atoms with Crippen LogP contribution in [0.5, 0.6) is 0 Å². The molecule has 15 nitrogen and oxygen atoms in total. The number of aryl methyl sites for hydroxylation is 1. The Kier molecular flexibility index (Phi) is 6.80. The maximum Gasteiger partial charge on any atom is 0.346 e. The summed E-state index contributed by atoms with van der Waals surface area (Å²) in [5.41, 5.74) is -1.13. The fourth-order valence-electron chi connectivity index (χ4n) is 2.73. The Balaban J connectivity index is 1.77. The zero-order valence-electron chi connectivity index (χ0n) is 15.3. The third-order valence-electron chi connectivity index (χ3n) is 3.91. The molecular weight excluding hydrogens is 473 g/mol. The third-order valence-corrected chi connectivity index (χ3v) is 8.54. The summed E-state index contributed by atoms with van der Waals surface area (Å²) < 4.78 is 51.8. The van der Waals surface area contributed by atoms with Crippen LogP contribution in [-0.4, -0.2) is 40.9 Å². The number of hydrogen-bond acceptors (Lipinski definition) is 13. The summed E-state index contributed by atoms with van der Waals surface area (Å²) in [6, 6.07) is -0.855. The van der Waals surface area contributed by atoms with Gasteiger partial charge in [-0.25, -0.2) is 17.7 Å². The van der Waals surface area contributed by atoms with Crippen molar-refractivity contribution in [1.29, 1.82) is 0 Å². The summed E-state index contributed by atoms with van der Waals surface area (Å²) in [6.45, 7) is 1.93. The van der Waals surface area contributed by atoms with Gasteiger partial charge in [-0.15, -0.1) is 0 Å². The fourth-order valence-corrected chi connectivity index (χ4v) is 6.83. The molecule has 2 unspecified atom stereocenters. The van der Waals surface area contributed by atoms with Gasteiger partial charge in [-0.3, -0.25) is 28.3 Å². The molecule has 1 N–H and O–H groups in total. The number of nitrogens with zero attached hydrogens (tertiary/aromatic N) is 1. The first-order valence-corrected chi connectivity index (χ1v) is 12.2. The number of carbonyl (C=O) groups excluding carboxylic acids is 1. The van der Waals surface area contributed by atoms with Crippen molar-refractivity contribution < 1.29 is 50.6 Å². The normalized spacial score (nSPS) is 36.5. The van der Waals surface area contributed by atoms with E-state index in [1.54, 1.807) is 0 Å². The molecule has 0 bridgehead atoms. The lowest BCUT2D eigenvalue weighted by atomic mass is 10.1. The standard InChI is InChI=1S/C12H17N2O13P3/c1-6-3-14(12(17)13-11(6)16)8-4-22-9(10(8)24-7(2)15)5-23-28-25-29(18,19)27-30(20,21)26-28/h3,8-10H,4-5H2,1-2H3,(H,18,19)(H,20,21)(H,13,16,17)/p-2/t8-,9-,10+/m0/s1. The minimum atomic E-state index is -5.19. The number of aromatic amines is 1. The molecule has 0 aliphatic carbocycles. The van der Waals surface area contributed by atoms with Crippen molar-refractivity contribution >= 4 is 30.2 Å². The minimum Gasteiger partial charge on any atom is -0.756 e. The van der Waals surface area contributed by atoms with E-state index in [9.17, 15) is 33.3 Å². The van der Waals surface area contributed by atoms with Gasteiger partial charge in [0.2, 0.25) is 0 Å². The van der Waals surface area contributed by atoms with E-state index in [0.717, 1.165) is 11.5 Å². The van der Waals surface area contributed by atoms with Crippen LogP contribution in [0.15, 0.2) is 15.8 Å². The molecule has 3 heterocycles. The first kappa shape index (κ1) is 23.4. The van der Waals surface area contributed by atoms with E-state index in [0.29, 0.717) is 0 Å². The van der Waals surface area contributed by atoms with Gasteiger partial charge in [0.25, 0.3) is 21.2 Å². The molecule has 0 saturated carbocycles. The van der Waals surface area contributed by atoms with Crippen LogP contribution in [0.4, 0.5) is 0 Å². The summed E-state index contributed by atoms with van der Waals surface area (Å²) in [5, 5.41) is 0. The van der Waals surface area contributed by atoms with E-state index < -0.39 is 66.3 Å². The van der Waals surface area contributed by atoms with Crippen molar-refractivity contribution in [3.8, 4) is 0 Å². The Morgan fingerprint density at radius 1 is 1.33 bits per heavy atom. The van der Waals surface area contributed by atoms with Gasteiger partial charge in [-0.05, 0) is 6.92 Å². The smallest absolute Gasteiger partial charge is 0.346 e. The molecular formula is C12H15N2O13P3-2. The van der Waals surface area contributed by atoms with Crippen LogP contribution in [0, 0.1) is 6.92 Å². The second-order valence-corrected chi connectivity index (χ2v) is 10.6. The number of hydrogen-bond donors (Lipinski definition) is 1. The number of ether oxygens (including phenoxy) is 2. The molecule has 0 amide bonds. The maximum absolute atomic E-state index is 12.2. The molecule has 0 aromatic carbocycles. The van der Waals surface area contributed by atoms with E-state index in [2.05, 4.69) is 17.9 Å². The van der Waals surface area contributed by atoms with Gasteiger partial charge in [0.15, 0.2) is 6.10 Å². The number of phosphoric acid groups is 2. The Morgan fingerprint density at radius 2 is 1.97 bits per heavy atom. The Morgan fingerprint density at radius 3 is 2.57 bits per heavy atom. The monoisotopic (exact) mass is 488 g/mol. The average molecular weight is 488 g/mol. The van der Waals surface area contributed by atoms with E-state index in [-0.39, 0.29) is 12.2 Å². The second kappa shape index (κ2) is 8.71. The van der Waals surface area contributed by atoms with Gasteiger partial charge >= 0.3 is 20.3 Å². The predicted molar refractivity (Wildman–Crippen MR) is 91.7 cm³/mol. The molecule has 2 aliphatic rings. The number of esters is 1. The van der Waals surface area contributed by atoms with Crippen molar-refractivity contribution in [2.24, 2.45) is 0 Å². The zero-order chi connectivity index (χ0) is 22.3. The summed E-state index contributed by atoms with van der Waals surface area (Å²) in [5.74, 6) is -0.716. The quantitative estimate of drug-likeness (QED) is 0.389. The highest BCUT2D eigenvalue weighted by atomic mass is 31.3. The molecule has 3 rings (SSSR count). The highest BCUT2D eigenvalue weighted by Crippen LogP contribution is 2.73. The maximum atomic E-state index is 12.2. The first-order chi connectivity index (χ1) is 13.9. The van der Waals surface area contributed by atoms with Gasteiger partial charge < -0.3 is 23.8 Å². The van der Waals surface area contributed by atoms with Crippen LogP contribution < -0.4 is 21.0 Å². The molecule has 2 saturated heterocycles. The number of nitrogens with one attached hydrogen (secondary N) is 1. The second-order valence-electron chi connectivity index (χ2n) is 6.15. The SMILES string of the molecule is CC(=O)O[C@H]1[C@H](COP2OP(=O)([O-])OP(=O)([O-])O2)OC[C@@H]1n1cc(C)c(=O)[nH]c1=O. The van der Waals surface area contributed by atoms with Crippen LogP contribution in [0.3, 0.4) is 0 Å². The van der Waals surface area contributed by atoms with Crippen molar-refractivity contribution in [3.05, 3.63) is 32.6 Å². The predicted octanol–water partition coefficient (Wildman–Crippen LogP) is -1.04. The zero-order valence-corrected chi connectivity index (χ0v) is 18.0. The lowest BCUT2D eigenvalue weighted by Gasteiger charge is -2.38. The Bertz CT molecular complexity index is 1010.